The van der Waals surface area contributed by atoms with E-state index in [9.17, 15) is 36.4 Å². The van der Waals surface area contributed by atoms with E-state index in [4.69, 9.17) is 14.6 Å². The third-order valence-electron chi connectivity index (χ3n) is 7.14. The summed E-state index contributed by atoms with van der Waals surface area (Å²) in [4.78, 5) is 38.8. The number of piperidine rings is 1. The number of carboxylic acid groups (broad SMARTS) is 1. The fourth-order valence-electron chi connectivity index (χ4n) is 4.70. The molecule has 12 nitrogen and oxygen atoms in total. The molecule has 1 aliphatic rings. The van der Waals surface area contributed by atoms with Crippen LogP contribution in [0.4, 0.5) is 13.2 Å². The summed E-state index contributed by atoms with van der Waals surface area (Å²) >= 11 is 0. The highest BCUT2D eigenvalue weighted by atomic mass is 32.2. The Morgan fingerprint density at radius 2 is 1.67 bits per heavy atom. The zero-order chi connectivity index (χ0) is 34.4. The van der Waals surface area contributed by atoms with E-state index >= 15 is 0 Å². The quantitative estimate of drug-likeness (QED) is 0.216. The molecule has 0 spiro atoms. The predicted octanol–water partition coefficient (Wildman–Crippen LogP) is 3.81. The van der Waals surface area contributed by atoms with Crippen LogP contribution in [0.15, 0.2) is 54.6 Å². The molecule has 1 aliphatic heterocycles. The van der Waals surface area contributed by atoms with E-state index in [-0.39, 0.29) is 19.5 Å². The van der Waals surface area contributed by atoms with Gasteiger partial charge < -0.3 is 15.2 Å². The number of fused-ring (bicyclic) bond motifs is 1. The van der Waals surface area contributed by atoms with Gasteiger partial charge >= 0.3 is 12.1 Å². The van der Waals surface area contributed by atoms with Crippen LogP contribution in [0.2, 0.25) is 0 Å². The molecule has 0 bridgehead atoms. The summed E-state index contributed by atoms with van der Waals surface area (Å²) in [5.41, 5.74) is 4.75. The van der Waals surface area contributed by atoms with Gasteiger partial charge in [-0.3, -0.25) is 19.8 Å². The fraction of sp³-hybridized carbons (Fsp3) is 0.400. The number of aliphatic carboxylic acids is 1. The first-order chi connectivity index (χ1) is 21.3. The third-order valence-corrected chi connectivity index (χ3v) is 9.70. The van der Waals surface area contributed by atoms with Gasteiger partial charge in [-0.25, -0.2) is 18.7 Å². The van der Waals surface area contributed by atoms with Gasteiger partial charge in [-0.1, -0.05) is 18.2 Å². The molecule has 2 atom stereocenters. The van der Waals surface area contributed by atoms with Gasteiger partial charge in [0.15, 0.2) is 0 Å². The maximum Gasteiger partial charge on any atom is 0.490 e. The first-order valence-corrected chi connectivity index (χ1v) is 15.4. The number of para-hydroxylation sites is 1. The molecule has 1 fully saturated rings. The standard InChI is InChI=1S/C28H34N4O6S.C2HF3O2/c1-18-15-20(22-7-5-6-8-24(22)29-18)17-38-21-11-9-19(10-12-21)26(33)30-25-16-32(39(36,37)28(2,3)4)14-13-23(25)27(34)31-35;3-2(4,5)1(6)7/h5-12,15,23,25,35H,13-14,16-17H2,1-4H3,(H,30,33)(H,31,34);(H,6,7)/t23-,25+;/m0./s1. The summed E-state index contributed by atoms with van der Waals surface area (Å²) in [6.45, 7) is 7.10. The van der Waals surface area contributed by atoms with Crippen LogP contribution in [0.3, 0.4) is 0 Å². The van der Waals surface area contributed by atoms with E-state index in [1.165, 1.54) is 4.31 Å². The number of hydrogen-bond acceptors (Lipinski definition) is 8. The summed E-state index contributed by atoms with van der Waals surface area (Å²) in [5.74, 6) is -4.11. The monoisotopic (exact) mass is 668 g/mol. The van der Waals surface area contributed by atoms with Crippen LogP contribution in [0.1, 0.15) is 48.8 Å². The molecule has 4 N–H and O–H groups in total. The zero-order valence-electron chi connectivity index (χ0n) is 25.5. The predicted molar refractivity (Wildman–Crippen MR) is 160 cm³/mol. The first kappa shape index (κ1) is 36.2. The lowest BCUT2D eigenvalue weighted by molar-refractivity contribution is -0.192. The van der Waals surface area contributed by atoms with E-state index < -0.39 is 50.7 Å². The van der Waals surface area contributed by atoms with Crippen molar-refractivity contribution in [1.82, 2.24) is 20.1 Å². The van der Waals surface area contributed by atoms with Gasteiger partial charge in [-0.15, -0.1) is 0 Å². The summed E-state index contributed by atoms with van der Waals surface area (Å²) in [5, 5.41) is 20.1. The van der Waals surface area contributed by atoms with Crippen molar-refractivity contribution in [2.24, 2.45) is 5.92 Å². The van der Waals surface area contributed by atoms with Crippen molar-refractivity contribution in [3.05, 3.63) is 71.4 Å². The maximum atomic E-state index is 13.1. The third kappa shape index (κ3) is 8.92. The number of sulfonamides is 1. The molecular formula is C30H35F3N4O8S. The van der Waals surface area contributed by atoms with Crippen LogP contribution in [0.5, 0.6) is 5.75 Å². The molecule has 2 aromatic carbocycles. The average Bonchev–Trinajstić information content (AvgIpc) is 2.98. The van der Waals surface area contributed by atoms with E-state index in [0.717, 1.165) is 22.2 Å². The number of nitrogens with zero attached hydrogens (tertiary/aromatic N) is 2. The summed E-state index contributed by atoms with van der Waals surface area (Å²) < 4.78 is 63.9. The lowest BCUT2D eigenvalue weighted by Gasteiger charge is -2.39. The molecular weight excluding hydrogens is 633 g/mol. The van der Waals surface area contributed by atoms with E-state index in [2.05, 4.69) is 10.3 Å². The minimum Gasteiger partial charge on any atom is -0.489 e. The van der Waals surface area contributed by atoms with Crippen molar-refractivity contribution < 1.29 is 51.0 Å². The number of hydroxylamine groups is 1. The highest BCUT2D eigenvalue weighted by molar-refractivity contribution is 7.90. The maximum absolute atomic E-state index is 13.1. The number of rotatable bonds is 7. The Morgan fingerprint density at radius 1 is 1.07 bits per heavy atom. The Morgan fingerprint density at radius 3 is 2.24 bits per heavy atom. The fourth-order valence-corrected chi connectivity index (χ4v) is 6.18. The second-order valence-corrected chi connectivity index (χ2v) is 14.2. The summed E-state index contributed by atoms with van der Waals surface area (Å²) in [7, 11) is -3.67. The number of alkyl halides is 3. The molecule has 0 radical (unpaired) electrons. The Balaban J connectivity index is 0.000000738. The van der Waals surface area contributed by atoms with Gasteiger partial charge in [0.05, 0.1) is 22.2 Å². The number of nitrogens with one attached hydrogen (secondary N) is 2. The second kappa shape index (κ2) is 14.4. The number of benzene rings is 2. The second-order valence-electron chi connectivity index (χ2n) is 11.5. The van der Waals surface area contributed by atoms with Crippen LogP contribution in [0, 0.1) is 12.8 Å². The smallest absolute Gasteiger partial charge is 0.489 e. The molecule has 1 saturated heterocycles. The molecule has 4 rings (SSSR count). The van der Waals surface area contributed by atoms with Gasteiger partial charge in [0.1, 0.15) is 12.4 Å². The number of pyridine rings is 1. The lowest BCUT2D eigenvalue weighted by atomic mass is 9.91. The van der Waals surface area contributed by atoms with Gasteiger partial charge in [0, 0.05) is 35.3 Å². The molecule has 46 heavy (non-hydrogen) atoms. The van der Waals surface area contributed by atoms with E-state index in [1.54, 1.807) is 50.5 Å². The minimum absolute atomic E-state index is 0.0794. The van der Waals surface area contributed by atoms with Crippen molar-refractivity contribution in [1.29, 1.82) is 0 Å². The van der Waals surface area contributed by atoms with Crippen molar-refractivity contribution >= 4 is 38.7 Å². The van der Waals surface area contributed by atoms with Crippen LogP contribution in [0.25, 0.3) is 10.9 Å². The highest BCUT2D eigenvalue weighted by Gasteiger charge is 2.43. The first-order valence-electron chi connectivity index (χ1n) is 14.0. The zero-order valence-corrected chi connectivity index (χ0v) is 26.3. The SMILES string of the molecule is Cc1cc(COc2ccc(C(=O)N[C@@H]3CN(S(=O)(=O)C(C)(C)C)CC[C@@H]3C(=O)NO)cc2)c2ccccc2n1.O=C(O)C(F)(F)F. The molecule has 1 aromatic heterocycles. The van der Waals surface area contributed by atoms with Gasteiger partial charge in [-0.2, -0.15) is 17.5 Å². The molecule has 16 heteroatoms. The Hall–Kier alpha value is -4.28. The topological polar surface area (TPSA) is 175 Å². The number of hydrogen-bond donors (Lipinski definition) is 4. The Labute approximate surface area is 263 Å². The molecule has 0 saturated carbocycles. The summed E-state index contributed by atoms with van der Waals surface area (Å²) in [6, 6.07) is 15.6. The number of carbonyl (C=O) groups excluding carboxylic acids is 2. The van der Waals surface area contributed by atoms with E-state index in [0.29, 0.717) is 17.9 Å². The number of halogens is 3. The van der Waals surface area contributed by atoms with Crippen LogP contribution >= 0.6 is 0 Å². The van der Waals surface area contributed by atoms with Gasteiger partial charge in [0.2, 0.25) is 15.9 Å². The normalized spacial score (nSPS) is 17.4. The van der Waals surface area contributed by atoms with Crippen molar-refractivity contribution in [3.8, 4) is 5.75 Å². The van der Waals surface area contributed by atoms with Crippen LogP contribution in [-0.2, 0) is 26.2 Å². The highest BCUT2D eigenvalue weighted by Crippen LogP contribution is 2.27. The molecule has 0 aliphatic carbocycles. The van der Waals surface area contributed by atoms with Crippen LogP contribution in [-0.4, -0.2) is 75.9 Å². The Bertz CT molecular complexity index is 1680. The number of carbonyl (C=O) groups is 3. The number of amides is 2. The number of aryl methyl sites for hydroxylation is 1. The minimum atomic E-state index is -5.08. The number of carboxylic acids is 1. The largest absolute Gasteiger partial charge is 0.490 e. The number of ether oxygens (including phenoxy) is 1. The molecule has 2 amide bonds. The molecule has 250 valence electrons. The number of aromatic nitrogens is 1. The van der Waals surface area contributed by atoms with Crippen molar-refractivity contribution in [3.63, 3.8) is 0 Å². The summed E-state index contributed by atoms with van der Waals surface area (Å²) in [6.07, 6.45) is -4.93. The van der Waals surface area contributed by atoms with Crippen molar-refractivity contribution in [2.75, 3.05) is 13.1 Å². The van der Waals surface area contributed by atoms with Crippen molar-refractivity contribution in [2.45, 2.75) is 57.7 Å². The molecule has 2 heterocycles. The van der Waals surface area contributed by atoms with Gasteiger partial charge in [-0.05, 0) is 70.5 Å². The molecule has 3 aromatic rings. The average molecular weight is 669 g/mol. The van der Waals surface area contributed by atoms with Crippen LogP contribution < -0.4 is 15.5 Å². The Kier molecular flexibility index (Phi) is 11.4. The van der Waals surface area contributed by atoms with Gasteiger partial charge in [0.25, 0.3) is 5.91 Å². The molecule has 0 unspecified atom stereocenters. The lowest BCUT2D eigenvalue weighted by Crippen LogP contribution is -2.59. The van der Waals surface area contributed by atoms with E-state index in [1.807, 2.05) is 37.3 Å².